The quantitative estimate of drug-likeness (QED) is 0.277. The van der Waals surface area contributed by atoms with Crippen molar-refractivity contribution < 1.29 is 37.8 Å². The number of benzene rings is 2. The molecular weight excluding hydrogens is 539 g/mol. The molecule has 3 aromatic rings. The van der Waals surface area contributed by atoms with Gasteiger partial charge in [0, 0.05) is 30.1 Å². The molecule has 3 heterocycles. The summed E-state index contributed by atoms with van der Waals surface area (Å²) in [6, 6.07) is 8.34. The van der Waals surface area contributed by atoms with Crippen LogP contribution in [0.5, 0.6) is 0 Å². The topological polar surface area (TPSA) is 114 Å². The van der Waals surface area contributed by atoms with Crippen LogP contribution in [0, 0.1) is 23.4 Å². The predicted octanol–water partition coefficient (Wildman–Crippen LogP) is 4.87. The van der Waals surface area contributed by atoms with E-state index in [1.54, 1.807) is 4.90 Å². The summed E-state index contributed by atoms with van der Waals surface area (Å²) in [6.07, 6.45) is 4.58. The third kappa shape index (κ3) is 5.85. The molecule has 216 valence electrons. The van der Waals surface area contributed by atoms with Crippen LogP contribution in [0.2, 0.25) is 0 Å². The number of aliphatic carboxylic acids is 1. The second kappa shape index (κ2) is 11.8. The first-order valence-corrected chi connectivity index (χ1v) is 13.6. The number of halogens is 3. The molecule has 0 spiro atoms. The number of para-hydroxylation sites is 1. The lowest BCUT2D eigenvalue weighted by molar-refractivity contribution is -0.147. The van der Waals surface area contributed by atoms with E-state index in [1.807, 2.05) is 29.2 Å². The van der Waals surface area contributed by atoms with Gasteiger partial charge in [0.2, 0.25) is 5.91 Å². The van der Waals surface area contributed by atoms with Crippen LogP contribution < -0.4 is 0 Å². The van der Waals surface area contributed by atoms with E-state index in [1.165, 1.54) is 12.2 Å². The number of hydrogen-bond donors (Lipinski definition) is 3. The zero-order valence-electron chi connectivity index (χ0n) is 22.2. The Labute approximate surface area is 234 Å². The molecule has 1 atom stereocenters. The van der Waals surface area contributed by atoms with Gasteiger partial charge in [-0.25, -0.2) is 18.0 Å². The molecule has 41 heavy (non-hydrogen) atoms. The van der Waals surface area contributed by atoms with Crippen molar-refractivity contribution in [3.63, 3.8) is 0 Å². The third-order valence-electron chi connectivity index (χ3n) is 8.27. The van der Waals surface area contributed by atoms with Crippen molar-refractivity contribution >= 4 is 34.8 Å². The number of piperidine rings is 2. The number of nitrogens with zero attached hydrogens (tertiary/aromatic N) is 2. The zero-order valence-corrected chi connectivity index (χ0v) is 22.2. The number of hydrogen-bond acceptors (Lipinski definition) is 4. The van der Waals surface area contributed by atoms with Gasteiger partial charge in [-0.15, -0.1) is 0 Å². The molecule has 1 unspecified atom stereocenters. The van der Waals surface area contributed by atoms with Gasteiger partial charge in [0.05, 0.1) is 0 Å². The molecule has 0 radical (unpaired) electrons. The Morgan fingerprint density at radius 1 is 0.927 bits per heavy atom. The number of H-pyrrole nitrogens is 1. The number of aromatic amines is 1. The van der Waals surface area contributed by atoms with Crippen molar-refractivity contribution in [2.75, 3.05) is 26.2 Å². The first-order valence-electron chi connectivity index (χ1n) is 13.6. The van der Waals surface area contributed by atoms with E-state index < -0.39 is 35.4 Å². The van der Waals surface area contributed by atoms with Crippen molar-refractivity contribution in [2.45, 2.75) is 37.6 Å². The average molecular weight is 570 g/mol. The van der Waals surface area contributed by atoms with Gasteiger partial charge in [-0.1, -0.05) is 18.2 Å². The monoisotopic (exact) mass is 569 g/mol. The normalized spacial score (nSPS) is 18.3. The van der Waals surface area contributed by atoms with Gasteiger partial charge in [0.25, 0.3) is 0 Å². The number of carboxylic acids is 2. The van der Waals surface area contributed by atoms with E-state index in [2.05, 4.69) is 4.98 Å². The molecule has 3 N–H and O–H groups in total. The fourth-order valence-corrected chi connectivity index (χ4v) is 6.26. The first-order chi connectivity index (χ1) is 19.6. The average Bonchev–Trinajstić information content (AvgIpc) is 3.35. The number of fused-ring (bicyclic) bond motifs is 1. The van der Waals surface area contributed by atoms with Crippen molar-refractivity contribution in [3.8, 4) is 0 Å². The van der Waals surface area contributed by atoms with Crippen LogP contribution in [-0.2, 0) is 9.59 Å². The Kier molecular flexibility index (Phi) is 8.16. The molecule has 0 aliphatic carbocycles. The molecule has 2 aliphatic rings. The summed E-state index contributed by atoms with van der Waals surface area (Å²) >= 11 is 0. The van der Waals surface area contributed by atoms with E-state index in [0.29, 0.717) is 51.9 Å². The van der Waals surface area contributed by atoms with Crippen LogP contribution in [0.3, 0.4) is 0 Å². The number of carbonyl (C=O) groups is 3. The molecule has 2 saturated heterocycles. The molecule has 2 aromatic carbocycles. The minimum atomic E-state index is -1.57. The lowest BCUT2D eigenvalue weighted by Gasteiger charge is -2.41. The van der Waals surface area contributed by atoms with Gasteiger partial charge in [0.15, 0.2) is 17.5 Å². The van der Waals surface area contributed by atoms with Gasteiger partial charge in [-0.3, -0.25) is 14.5 Å². The number of nitrogens with one attached hydrogen (secondary N) is 1. The number of likely N-dealkylation sites (tertiary alicyclic amines) is 2. The van der Waals surface area contributed by atoms with Gasteiger partial charge < -0.3 is 20.1 Å². The van der Waals surface area contributed by atoms with Gasteiger partial charge in [-0.2, -0.15) is 0 Å². The molecular formula is C30H30F3N3O5. The van der Waals surface area contributed by atoms with E-state index in [9.17, 15) is 37.8 Å². The summed E-state index contributed by atoms with van der Waals surface area (Å²) in [6.45, 7) is 1.68. The Bertz CT molecular complexity index is 1480. The Balaban J connectivity index is 1.20. The van der Waals surface area contributed by atoms with Crippen molar-refractivity contribution in [1.29, 1.82) is 0 Å². The standard InChI is InChI=1S/C30H30F3N3O5/c31-21-15-17(16-22(32)26(21)33)5-6-24(37)35-11-9-19(10-12-35)28(30(40)41)36-13-7-18(8-14-36)25-20-3-1-2-4-23(20)34-27(25)29(38)39/h1-6,15-16,18-19,28,34H,7-14H2,(H,38,39)(H,40,41)/b6-5+. The lowest BCUT2D eigenvalue weighted by atomic mass is 9.83. The van der Waals surface area contributed by atoms with E-state index in [4.69, 9.17) is 0 Å². The van der Waals surface area contributed by atoms with Crippen molar-refractivity contribution in [2.24, 2.45) is 5.92 Å². The van der Waals surface area contributed by atoms with Gasteiger partial charge in [0.1, 0.15) is 11.7 Å². The highest BCUT2D eigenvalue weighted by Gasteiger charge is 2.39. The highest BCUT2D eigenvalue weighted by atomic mass is 19.2. The molecule has 8 nitrogen and oxygen atoms in total. The molecule has 0 bridgehead atoms. The summed E-state index contributed by atoms with van der Waals surface area (Å²) in [5.74, 6) is -6.78. The lowest BCUT2D eigenvalue weighted by Crippen LogP contribution is -2.52. The van der Waals surface area contributed by atoms with E-state index >= 15 is 0 Å². The fourth-order valence-electron chi connectivity index (χ4n) is 6.26. The molecule has 11 heteroatoms. The van der Waals surface area contributed by atoms with Crippen LogP contribution in [0.4, 0.5) is 13.2 Å². The minimum absolute atomic E-state index is 0.0158. The molecule has 1 amide bonds. The first kappa shape index (κ1) is 28.4. The molecule has 2 aliphatic heterocycles. The highest BCUT2D eigenvalue weighted by molar-refractivity contribution is 5.98. The minimum Gasteiger partial charge on any atom is -0.480 e. The largest absolute Gasteiger partial charge is 0.480 e. The van der Waals surface area contributed by atoms with Crippen molar-refractivity contribution in [3.05, 3.63) is 76.7 Å². The van der Waals surface area contributed by atoms with Crippen LogP contribution in [0.15, 0.2) is 42.5 Å². The number of aromatic nitrogens is 1. The van der Waals surface area contributed by atoms with Gasteiger partial charge >= 0.3 is 11.9 Å². The number of carboxylic acid groups (broad SMARTS) is 2. The molecule has 5 rings (SSSR count). The molecule has 2 fully saturated rings. The SMILES string of the molecule is O=C(O)c1[nH]c2ccccc2c1C1CCN(C(C(=O)O)C2CCN(C(=O)/C=C/c3cc(F)c(F)c(F)c3)CC2)CC1. The summed E-state index contributed by atoms with van der Waals surface area (Å²) in [4.78, 5) is 43.5. The van der Waals surface area contributed by atoms with Crippen LogP contribution in [0.1, 0.15) is 53.2 Å². The smallest absolute Gasteiger partial charge is 0.352 e. The summed E-state index contributed by atoms with van der Waals surface area (Å²) in [5.41, 5.74) is 1.73. The number of amides is 1. The van der Waals surface area contributed by atoms with Crippen molar-refractivity contribution in [1.82, 2.24) is 14.8 Å². The summed E-state index contributed by atoms with van der Waals surface area (Å²) < 4.78 is 40.0. The van der Waals surface area contributed by atoms with Gasteiger partial charge in [-0.05, 0) is 86.0 Å². The number of carbonyl (C=O) groups excluding carboxylic acids is 1. The zero-order chi connectivity index (χ0) is 29.3. The maximum absolute atomic E-state index is 13.4. The second-order valence-corrected chi connectivity index (χ2v) is 10.7. The van der Waals surface area contributed by atoms with Crippen LogP contribution in [-0.4, -0.2) is 75.1 Å². The maximum Gasteiger partial charge on any atom is 0.352 e. The fraction of sp³-hybridized carbons (Fsp3) is 0.367. The molecule has 1 aromatic heterocycles. The summed E-state index contributed by atoms with van der Waals surface area (Å²) in [5, 5.41) is 20.8. The summed E-state index contributed by atoms with van der Waals surface area (Å²) in [7, 11) is 0. The van der Waals surface area contributed by atoms with Crippen LogP contribution >= 0.6 is 0 Å². The second-order valence-electron chi connectivity index (χ2n) is 10.7. The Morgan fingerprint density at radius 2 is 1.56 bits per heavy atom. The highest BCUT2D eigenvalue weighted by Crippen LogP contribution is 2.37. The third-order valence-corrected chi connectivity index (χ3v) is 8.27. The van der Waals surface area contributed by atoms with Crippen LogP contribution in [0.25, 0.3) is 17.0 Å². The van der Waals surface area contributed by atoms with E-state index in [0.717, 1.165) is 28.6 Å². The maximum atomic E-state index is 13.4. The Hall–Kier alpha value is -4.12. The Morgan fingerprint density at radius 3 is 2.17 bits per heavy atom. The predicted molar refractivity (Wildman–Crippen MR) is 145 cm³/mol. The number of rotatable bonds is 7. The number of aromatic carboxylic acids is 1. The molecule has 0 saturated carbocycles. The van der Waals surface area contributed by atoms with E-state index in [-0.39, 0.29) is 29.0 Å².